The minimum atomic E-state index is -0.416. The van der Waals surface area contributed by atoms with Gasteiger partial charge in [0.15, 0.2) is 0 Å². The third-order valence-corrected chi connectivity index (χ3v) is 4.54. The van der Waals surface area contributed by atoms with Gasteiger partial charge in [0, 0.05) is 35.4 Å². The van der Waals surface area contributed by atoms with Crippen LogP contribution in [0.15, 0.2) is 53.0 Å². The minimum Gasteiger partial charge on any atom is -0.371 e. The molecule has 23 heavy (non-hydrogen) atoms. The normalized spacial score (nSPS) is 17.3. The van der Waals surface area contributed by atoms with Crippen molar-refractivity contribution < 1.29 is 9.18 Å². The van der Waals surface area contributed by atoms with Gasteiger partial charge < -0.3 is 10.2 Å². The van der Waals surface area contributed by atoms with E-state index in [0.717, 1.165) is 19.5 Å². The number of amides is 1. The Morgan fingerprint density at radius 1 is 1.26 bits per heavy atom. The van der Waals surface area contributed by atoms with Gasteiger partial charge in [0.2, 0.25) is 0 Å². The van der Waals surface area contributed by atoms with Crippen molar-refractivity contribution in [3.8, 4) is 0 Å². The lowest BCUT2D eigenvalue weighted by Crippen LogP contribution is -2.31. The molecule has 1 amide bonds. The van der Waals surface area contributed by atoms with Gasteiger partial charge >= 0.3 is 0 Å². The van der Waals surface area contributed by atoms with Crippen LogP contribution in [-0.4, -0.2) is 25.5 Å². The van der Waals surface area contributed by atoms with Crippen LogP contribution in [0.4, 0.5) is 10.1 Å². The quantitative estimate of drug-likeness (QED) is 0.878. The number of halogens is 2. The van der Waals surface area contributed by atoms with Crippen LogP contribution in [0.5, 0.6) is 0 Å². The van der Waals surface area contributed by atoms with Crippen LogP contribution in [0.3, 0.4) is 0 Å². The molecule has 3 rings (SSSR count). The van der Waals surface area contributed by atoms with Crippen molar-refractivity contribution in [3.63, 3.8) is 0 Å². The largest absolute Gasteiger partial charge is 0.371 e. The molecule has 1 atom stereocenters. The number of carbonyl (C=O) groups is 1. The molecule has 1 aliphatic rings. The molecule has 5 heteroatoms. The first-order chi connectivity index (χ1) is 11.1. The fourth-order valence-electron chi connectivity index (χ4n) is 2.90. The zero-order valence-corrected chi connectivity index (χ0v) is 14.2. The van der Waals surface area contributed by atoms with Gasteiger partial charge in [-0.25, -0.2) is 4.39 Å². The molecule has 1 fully saturated rings. The molecule has 0 aromatic heterocycles. The fourth-order valence-corrected chi connectivity index (χ4v) is 3.36. The summed E-state index contributed by atoms with van der Waals surface area (Å²) < 4.78 is 13.9. The first-order valence-electron chi connectivity index (χ1n) is 7.66. The van der Waals surface area contributed by atoms with Crippen molar-refractivity contribution in [2.45, 2.75) is 6.42 Å². The zero-order chi connectivity index (χ0) is 16.2. The Kier molecular flexibility index (Phi) is 4.96. The predicted molar refractivity (Wildman–Crippen MR) is 93.2 cm³/mol. The van der Waals surface area contributed by atoms with E-state index >= 15 is 0 Å². The molecule has 120 valence electrons. The van der Waals surface area contributed by atoms with Gasteiger partial charge in [-0.1, -0.05) is 34.1 Å². The lowest BCUT2D eigenvalue weighted by atomic mass is 10.1. The van der Waals surface area contributed by atoms with Crippen LogP contribution in [0.2, 0.25) is 0 Å². The van der Waals surface area contributed by atoms with E-state index < -0.39 is 5.82 Å². The molecular formula is C18H18BrFN2O. The highest BCUT2D eigenvalue weighted by Gasteiger charge is 2.23. The molecular weight excluding hydrogens is 359 g/mol. The second-order valence-corrected chi connectivity index (χ2v) is 6.72. The van der Waals surface area contributed by atoms with Crippen LogP contribution in [0.1, 0.15) is 16.8 Å². The molecule has 1 saturated heterocycles. The second kappa shape index (κ2) is 7.13. The number of hydrogen-bond donors (Lipinski definition) is 1. The maximum atomic E-state index is 13.4. The van der Waals surface area contributed by atoms with E-state index in [1.807, 2.05) is 18.2 Å². The van der Waals surface area contributed by atoms with Crippen molar-refractivity contribution in [1.82, 2.24) is 5.32 Å². The summed E-state index contributed by atoms with van der Waals surface area (Å²) in [5.74, 6) is -0.236. The molecule has 1 heterocycles. The molecule has 0 bridgehead atoms. The summed E-state index contributed by atoms with van der Waals surface area (Å²) in [5, 5.41) is 2.91. The Balaban J connectivity index is 1.54. The standard InChI is InChI=1S/C18H18BrFN2O/c19-15-8-14(9-16(20)10-15)18(23)21-11-13-6-7-22(12-13)17-4-2-1-3-5-17/h1-5,8-10,13H,6-7,11-12H2,(H,21,23). The maximum absolute atomic E-state index is 13.4. The van der Waals surface area contributed by atoms with E-state index in [0.29, 0.717) is 22.5 Å². The topological polar surface area (TPSA) is 32.3 Å². The van der Waals surface area contributed by atoms with E-state index in [1.54, 1.807) is 6.07 Å². The van der Waals surface area contributed by atoms with Gasteiger partial charge in [0.1, 0.15) is 5.82 Å². The van der Waals surface area contributed by atoms with Crippen molar-refractivity contribution in [2.24, 2.45) is 5.92 Å². The summed E-state index contributed by atoms with van der Waals surface area (Å²) in [5.41, 5.74) is 1.56. The number of benzene rings is 2. The molecule has 3 nitrogen and oxygen atoms in total. The van der Waals surface area contributed by atoms with Gasteiger partial charge in [0.25, 0.3) is 5.91 Å². The van der Waals surface area contributed by atoms with E-state index in [2.05, 4.69) is 38.3 Å². The van der Waals surface area contributed by atoms with Crippen molar-refractivity contribution in [3.05, 3.63) is 64.4 Å². The lowest BCUT2D eigenvalue weighted by molar-refractivity contribution is 0.0947. The minimum absolute atomic E-state index is 0.233. The Labute approximate surface area is 143 Å². The number of rotatable bonds is 4. The smallest absolute Gasteiger partial charge is 0.251 e. The number of nitrogens with one attached hydrogen (secondary N) is 1. The average molecular weight is 377 g/mol. The lowest BCUT2D eigenvalue weighted by Gasteiger charge is -2.18. The first kappa shape index (κ1) is 16.0. The molecule has 1 unspecified atom stereocenters. The predicted octanol–water partition coefficient (Wildman–Crippen LogP) is 3.84. The molecule has 1 N–H and O–H groups in total. The Bertz CT molecular complexity index is 672. The van der Waals surface area contributed by atoms with Crippen molar-refractivity contribution in [1.29, 1.82) is 0 Å². The third kappa shape index (κ3) is 4.10. The molecule has 0 spiro atoms. The second-order valence-electron chi connectivity index (χ2n) is 5.80. The van der Waals surface area contributed by atoms with Gasteiger partial charge in [-0.2, -0.15) is 0 Å². The van der Waals surface area contributed by atoms with Gasteiger partial charge in [-0.05, 0) is 42.7 Å². The van der Waals surface area contributed by atoms with E-state index in [-0.39, 0.29) is 5.91 Å². The summed E-state index contributed by atoms with van der Waals surface area (Å²) in [6.07, 6.45) is 1.04. The molecule has 2 aromatic carbocycles. The zero-order valence-electron chi connectivity index (χ0n) is 12.6. The highest BCUT2D eigenvalue weighted by Crippen LogP contribution is 2.23. The van der Waals surface area contributed by atoms with Crippen molar-refractivity contribution >= 4 is 27.5 Å². The number of para-hydroxylation sites is 1. The molecule has 0 radical (unpaired) electrons. The highest BCUT2D eigenvalue weighted by atomic mass is 79.9. The first-order valence-corrected chi connectivity index (χ1v) is 8.45. The highest BCUT2D eigenvalue weighted by molar-refractivity contribution is 9.10. The van der Waals surface area contributed by atoms with E-state index in [4.69, 9.17) is 0 Å². The molecule has 1 aliphatic heterocycles. The van der Waals surface area contributed by atoms with E-state index in [1.165, 1.54) is 17.8 Å². The summed E-state index contributed by atoms with van der Waals surface area (Å²) in [6.45, 7) is 2.53. The third-order valence-electron chi connectivity index (χ3n) is 4.08. The SMILES string of the molecule is O=C(NCC1CCN(c2ccccc2)C1)c1cc(F)cc(Br)c1. The number of hydrogen-bond acceptors (Lipinski definition) is 2. The molecule has 2 aromatic rings. The van der Waals surface area contributed by atoms with Crippen LogP contribution in [-0.2, 0) is 0 Å². The van der Waals surface area contributed by atoms with Gasteiger partial charge in [-0.15, -0.1) is 0 Å². The number of anilines is 1. The van der Waals surface area contributed by atoms with Crippen molar-refractivity contribution in [2.75, 3.05) is 24.5 Å². The molecule has 0 aliphatic carbocycles. The van der Waals surface area contributed by atoms with Gasteiger partial charge in [-0.3, -0.25) is 4.79 Å². The summed E-state index contributed by atoms with van der Waals surface area (Å²) in [4.78, 5) is 14.5. The average Bonchev–Trinajstić information content (AvgIpc) is 3.01. The summed E-state index contributed by atoms with van der Waals surface area (Å²) in [6, 6.07) is 14.5. The Morgan fingerprint density at radius 3 is 2.78 bits per heavy atom. The fraction of sp³-hybridized carbons (Fsp3) is 0.278. The number of nitrogens with zero attached hydrogens (tertiary/aromatic N) is 1. The number of carbonyl (C=O) groups excluding carboxylic acids is 1. The maximum Gasteiger partial charge on any atom is 0.251 e. The van der Waals surface area contributed by atoms with Crippen LogP contribution in [0, 0.1) is 11.7 Å². The van der Waals surface area contributed by atoms with Crippen LogP contribution >= 0.6 is 15.9 Å². The molecule has 0 saturated carbocycles. The monoisotopic (exact) mass is 376 g/mol. The van der Waals surface area contributed by atoms with Crippen LogP contribution in [0.25, 0.3) is 0 Å². The van der Waals surface area contributed by atoms with Crippen LogP contribution < -0.4 is 10.2 Å². The van der Waals surface area contributed by atoms with E-state index in [9.17, 15) is 9.18 Å². The summed E-state index contributed by atoms with van der Waals surface area (Å²) in [7, 11) is 0. The summed E-state index contributed by atoms with van der Waals surface area (Å²) >= 11 is 3.21. The Morgan fingerprint density at radius 2 is 2.04 bits per heavy atom. The van der Waals surface area contributed by atoms with Gasteiger partial charge in [0.05, 0.1) is 0 Å². The Hall–Kier alpha value is -1.88.